The van der Waals surface area contributed by atoms with Gasteiger partial charge < -0.3 is 9.64 Å². The van der Waals surface area contributed by atoms with Gasteiger partial charge in [0.15, 0.2) is 0 Å². The highest BCUT2D eigenvalue weighted by Crippen LogP contribution is 2.34. The van der Waals surface area contributed by atoms with Gasteiger partial charge in [0, 0.05) is 25.2 Å². The molecule has 1 aliphatic heterocycles. The number of nitriles is 1. The summed E-state index contributed by atoms with van der Waals surface area (Å²) in [5, 5.41) is 20.5. The number of nitrogens with zero attached hydrogens (tertiary/aromatic N) is 4. The van der Waals surface area contributed by atoms with Crippen molar-refractivity contribution < 1.29 is 4.74 Å². The Morgan fingerprint density at radius 3 is 3.00 bits per heavy atom. The first-order valence-corrected chi connectivity index (χ1v) is 6.93. The first-order valence-electron chi connectivity index (χ1n) is 6.56. The van der Waals surface area contributed by atoms with Crippen LogP contribution >= 0.6 is 11.6 Å². The van der Waals surface area contributed by atoms with Crippen LogP contribution in [-0.2, 0) is 4.74 Å². The van der Waals surface area contributed by atoms with Crippen LogP contribution in [0.3, 0.4) is 0 Å². The zero-order valence-electron chi connectivity index (χ0n) is 11.5. The van der Waals surface area contributed by atoms with E-state index in [0.29, 0.717) is 23.7 Å². The van der Waals surface area contributed by atoms with E-state index in [-0.39, 0.29) is 12.0 Å². The maximum Gasteiger partial charge on any atom is 0.101 e. The van der Waals surface area contributed by atoms with Gasteiger partial charge in [0.05, 0.1) is 35.2 Å². The Kier molecular flexibility index (Phi) is 3.78. The van der Waals surface area contributed by atoms with Crippen molar-refractivity contribution in [1.29, 1.82) is 5.26 Å². The summed E-state index contributed by atoms with van der Waals surface area (Å²) < 4.78 is 5.56. The van der Waals surface area contributed by atoms with E-state index < -0.39 is 0 Å². The summed E-state index contributed by atoms with van der Waals surface area (Å²) in [6, 6.07) is 7.49. The third-order valence-corrected chi connectivity index (χ3v) is 4.04. The van der Waals surface area contributed by atoms with Crippen molar-refractivity contribution in [3.63, 3.8) is 0 Å². The lowest BCUT2D eigenvalue weighted by molar-refractivity contribution is 0.106. The van der Waals surface area contributed by atoms with Crippen LogP contribution in [0.25, 0.3) is 0 Å². The highest BCUT2D eigenvalue weighted by Gasteiger charge is 2.36. The number of aromatic nitrogens is 3. The van der Waals surface area contributed by atoms with Gasteiger partial charge >= 0.3 is 0 Å². The molecule has 1 aromatic heterocycles. The van der Waals surface area contributed by atoms with Crippen molar-refractivity contribution in [2.45, 2.75) is 12.0 Å². The zero-order valence-corrected chi connectivity index (χ0v) is 12.2. The van der Waals surface area contributed by atoms with Crippen LogP contribution in [0.2, 0.25) is 5.02 Å². The number of methoxy groups -OCH3 is 1. The SMILES string of the molecule is CO[C@@H]1CN(c2cc(Cl)ccc2C#N)C[C@H]1c1cn[nH]n1. The van der Waals surface area contributed by atoms with Crippen LogP contribution in [0, 0.1) is 11.3 Å². The molecule has 21 heavy (non-hydrogen) atoms. The quantitative estimate of drug-likeness (QED) is 0.937. The number of hydrogen-bond donors (Lipinski definition) is 1. The predicted molar refractivity (Wildman–Crippen MR) is 78.3 cm³/mol. The molecule has 0 amide bonds. The van der Waals surface area contributed by atoms with Crippen LogP contribution in [-0.4, -0.2) is 41.7 Å². The third-order valence-electron chi connectivity index (χ3n) is 3.80. The fraction of sp³-hybridized carbons (Fsp3) is 0.357. The van der Waals surface area contributed by atoms with E-state index in [1.54, 1.807) is 25.4 Å². The molecule has 1 saturated heterocycles. The Hall–Kier alpha value is -2.10. The molecule has 3 rings (SSSR count). The third kappa shape index (κ3) is 2.58. The number of anilines is 1. The highest BCUT2D eigenvalue weighted by atomic mass is 35.5. The average Bonchev–Trinajstić information content (AvgIpc) is 3.15. The Morgan fingerprint density at radius 1 is 1.48 bits per heavy atom. The lowest BCUT2D eigenvalue weighted by atomic mass is 10.0. The summed E-state index contributed by atoms with van der Waals surface area (Å²) in [5.41, 5.74) is 2.30. The van der Waals surface area contributed by atoms with E-state index in [0.717, 1.165) is 11.4 Å². The minimum absolute atomic E-state index is 0.000578. The molecule has 2 heterocycles. The number of rotatable bonds is 3. The van der Waals surface area contributed by atoms with E-state index in [4.69, 9.17) is 16.3 Å². The smallest absolute Gasteiger partial charge is 0.101 e. The second-order valence-electron chi connectivity index (χ2n) is 4.95. The maximum atomic E-state index is 9.26. The van der Waals surface area contributed by atoms with Crippen molar-refractivity contribution in [3.05, 3.63) is 40.7 Å². The molecule has 0 saturated carbocycles. The number of ether oxygens (including phenoxy) is 1. The molecule has 0 spiro atoms. The van der Waals surface area contributed by atoms with Gasteiger partial charge in [0.1, 0.15) is 6.07 Å². The summed E-state index contributed by atoms with van der Waals surface area (Å²) in [6.45, 7) is 1.39. The molecule has 6 nitrogen and oxygen atoms in total. The van der Waals surface area contributed by atoms with E-state index in [9.17, 15) is 5.26 Å². The van der Waals surface area contributed by atoms with E-state index >= 15 is 0 Å². The molecule has 2 aromatic rings. The van der Waals surface area contributed by atoms with Crippen molar-refractivity contribution >= 4 is 17.3 Å². The molecule has 108 valence electrons. The molecule has 1 fully saturated rings. The summed E-state index contributed by atoms with van der Waals surface area (Å²) in [6.07, 6.45) is 1.71. The summed E-state index contributed by atoms with van der Waals surface area (Å²) in [5.74, 6) is 0.110. The van der Waals surface area contributed by atoms with Crippen molar-refractivity contribution in [1.82, 2.24) is 15.4 Å². The van der Waals surface area contributed by atoms with E-state index in [1.165, 1.54) is 0 Å². The lowest BCUT2D eigenvalue weighted by Crippen LogP contribution is -2.23. The topological polar surface area (TPSA) is 77.8 Å². The standard InChI is InChI=1S/C14H14ClN5O/c1-21-14-8-20(7-11(14)12-6-17-19-18-12)13-4-10(15)3-2-9(13)5-16/h2-4,6,11,14H,7-8H2,1H3,(H,17,18,19)/t11-,14+/m0/s1. The first kappa shape index (κ1) is 13.9. The Bertz CT molecular complexity index is 666. The fourth-order valence-electron chi connectivity index (χ4n) is 2.74. The highest BCUT2D eigenvalue weighted by molar-refractivity contribution is 6.30. The van der Waals surface area contributed by atoms with Gasteiger partial charge in [0.2, 0.25) is 0 Å². The molecule has 1 N–H and O–H groups in total. The molecule has 0 unspecified atom stereocenters. The number of nitrogens with one attached hydrogen (secondary N) is 1. The average molecular weight is 304 g/mol. The normalized spacial score (nSPS) is 21.5. The molecule has 1 aromatic carbocycles. The number of H-pyrrole nitrogens is 1. The van der Waals surface area contributed by atoms with Crippen LogP contribution in [0.5, 0.6) is 0 Å². The second kappa shape index (κ2) is 5.72. The number of benzene rings is 1. The van der Waals surface area contributed by atoms with Crippen LogP contribution < -0.4 is 4.90 Å². The molecule has 0 aliphatic carbocycles. The maximum absolute atomic E-state index is 9.26. The fourth-order valence-corrected chi connectivity index (χ4v) is 2.91. The van der Waals surface area contributed by atoms with Crippen LogP contribution in [0.4, 0.5) is 5.69 Å². The van der Waals surface area contributed by atoms with E-state index in [1.807, 2.05) is 6.07 Å². The predicted octanol–water partition coefficient (Wildman–Crippen LogP) is 1.95. The largest absolute Gasteiger partial charge is 0.379 e. The van der Waals surface area contributed by atoms with E-state index in [2.05, 4.69) is 26.4 Å². The van der Waals surface area contributed by atoms with Crippen LogP contribution in [0.15, 0.2) is 24.4 Å². The molecule has 7 heteroatoms. The van der Waals surface area contributed by atoms with Gasteiger partial charge in [-0.2, -0.15) is 20.7 Å². The lowest BCUT2D eigenvalue weighted by Gasteiger charge is -2.19. The summed E-state index contributed by atoms with van der Waals surface area (Å²) in [4.78, 5) is 2.11. The number of aromatic amines is 1. The van der Waals surface area contributed by atoms with Gasteiger partial charge in [0.25, 0.3) is 0 Å². The van der Waals surface area contributed by atoms with Gasteiger partial charge in [-0.3, -0.25) is 0 Å². The van der Waals surface area contributed by atoms with Gasteiger partial charge in [-0.15, -0.1) is 0 Å². The van der Waals surface area contributed by atoms with Gasteiger partial charge in [-0.25, -0.2) is 0 Å². The van der Waals surface area contributed by atoms with Crippen molar-refractivity contribution in [2.24, 2.45) is 0 Å². The zero-order chi connectivity index (χ0) is 14.8. The van der Waals surface area contributed by atoms with Gasteiger partial charge in [-0.1, -0.05) is 11.6 Å². The van der Waals surface area contributed by atoms with Crippen LogP contribution in [0.1, 0.15) is 17.2 Å². The molecule has 1 aliphatic rings. The Balaban J connectivity index is 1.92. The minimum Gasteiger partial charge on any atom is -0.379 e. The molecule has 0 bridgehead atoms. The van der Waals surface area contributed by atoms with Crippen molar-refractivity contribution in [3.8, 4) is 6.07 Å². The molecular weight excluding hydrogens is 290 g/mol. The summed E-state index contributed by atoms with van der Waals surface area (Å²) in [7, 11) is 1.68. The van der Waals surface area contributed by atoms with Gasteiger partial charge in [-0.05, 0) is 18.2 Å². The number of halogens is 1. The Morgan fingerprint density at radius 2 is 2.33 bits per heavy atom. The first-order chi connectivity index (χ1) is 10.2. The number of hydrogen-bond acceptors (Lipinski definition) is 5. The molecule has 0 radical (unpaired) electrons. The molecular formula is C14H14ClN5O. The Labute approximate surface area is 127 Å². The van der Waals surface area contributed by atoms with Crippen molar-refractivity contribution in [2.75, 3.05) is 25.1 Å². The molecule has 2 atom stereocenters. The minimum atomic E-state index is 0.000578. The summed E-state index contributed by atoms with van der Waals surface area (Å²) >= 11 is 6.06. The second-order valence-corrected chi connectivity index (χ2v) is 5.39. The monoisotopic (exact) mass is 303 g/mol.